The van der Waals surface area contributed by atoms with Crippen molar-refractivity contribution in [2.45, 2.75) is 0 Å². The molecule has 0 saturated heterocycles. The predicted molar refractivity (Wildman–Crippen MR) is 102 cm³/mol. The maximum absolute atomic E-state index is 13.9. The molecule has 3 N–H and O–H groups in total. The molecule has 126 valence electrons. The van der Waals surface area contributed by atoms with E-state index in [2.05, 4.69) is 15.6 Å². The van der Waals surface area contributed by atoms with Gasteiger partial charge in [0.15, 0.2) is 0 Å². The Morgan fingerprint density at radius 1 is 0.960 bits per heavy atom. The third-order valence-electron chi connectivity index (χ3n) is 4.30. The number of halogens is 1. The molecule has 0 aliphatic heterocycles. The zero-order chi connectivity index (χ0) is 17.4. The van der Waals surface area contributed by atoms with Crippen LogP contribution < -0.4 is 15.4 Å². The van der Waals surface area contributed by atoms with Gasteiger partial charge in [0.2, 0.25) is 0 Å². The maximum atomic E-state index is 13.9. The van der Waals surface area contributed by atoms with Crippen molar-refractivity contribution < 1.29 is 9.13 Å². The molecule has 4 nitrogen and oxygen atoms in total. The number of fused-ring (bicyclic) bond motifs is 3. The number of hydrogen-bond acceptors (Lipinski definition) is 3. The molecular formula is C20H18FN3O. The number of aromatic amines is 1. The summed E-state index contributed by atoms with van der Waals surface area (Å²) >= 11 is 0. The van der Waals surface area contributed by atoms with Crippen molar-refractivity contribution in [2.75, 3.05) is 24.8 Å². The molecule has 0 atom stereocenters. The van der Waals surface area contributed by atoms with Crippen molar-refractivity contribution in [1.82, 2.24) is 4.98 Å². The van der Waals surface area contributed by atoms with Crippen LogP contribution in [0.3, 0.4) is 0 Å². The van der Waals surface area contributed by atoms with E-state index in [0.29, 0.717) is 0 Å². The highest BCUT2D eigenvalue weighted by Crippen LogP contribution is 2.33. The van der Waals surface area contributed by atoms with Gasteiger partial charge in [-0.2, -0.15) is 0 Å². The number of nitrogens with one attached hydrogen (secondary N) is 3. The quantitative estimate of drug-likeness (QED) is 0.477. The van der Waals surface area contributed by atoms with Crippen LogP contribution in [-0.4, -0.2) is 19.1 Å². The van der Waals surface area contributed by atoms with Gasteiger partial charge in [0.1, 0.15) is 11.6 Å². The van der Waals surface area contributed by atoms with E-state index in [1.165, 1.54) is 6.07 Å². The van der Waals surface area contributed by atoms with Crippen molar-refractivity contribution in [1.29, 1.82) is 0 Å². The topological polar surface area (TPSA) is 49.1 Å². The van der Waals surface area contributed by atoms with Crippen molar-refractivity contribution in [2.24, 2.45) is 0 Å². The predicted octanol–water partition coefficient (Wildman–Crippen LogP) is 5.25. The lowest BCUT2D eigenvalue weighted by atomic mass is 10.1. The lowest BCUT2D eigenvalue weighted by Gasteiger charge is -2.08. The molecule has 0 unspecified atom stereocenters. The minimum Gasteiger partial charge on any atom is -0.497 e. The summed E-state index contributed by atoms with van der Waals surface area (Å²) in [5.74, 6) is 0.530. The molecule has 3 aromatic carbocycles. The number of anilines is 3. The first kappa shape index (κ1) is 15.3. The molecule has 0 bridgehead atoms. The van der Waals surface area contributed by atoms with Crippen LogP contribution in [0.4, 0.5) is 21.5 Å². The van der Waals surface area contributed by atoms with E-state index in [4.69, 9.17) is 4.74 Å². The van der Waals surface area contributed by atoms with Gasteiger partial charge >= 0.3 is 0 Å². The van der Waals surface area contributed by atoms with Crippen LogP contribution in [0.2, 0.25) is 0 Å². The van der Waals surface area contributed by atoms with Crippen molar-refractivity contribution in [3.05, 3.63) is 60.4 Å². The van der Waals surface area contributed by atoms with Crippen LogP contribution in [-0.2, 0) is 0 Å². The minimum absolute atomic E-state index is 0.260. The first-order valence-electron chi connectivity index (χ1n) is 8.02. The van der Waals surface area contributed by atoms with Crippen molar-refractivity contribution >= 4 is 38.9 Å². The maximum Gasteiger partial charge on any atom is 0.126 e. The average Bonchev–Trinajstić information content (AvgIpc) is 2.99. The molecule has 0 aliphatic carbocycles. The number of methoxy groups -OCH3 is 1. The number of rotatable bonds is 4. The molecular weight excluding hydrogens is 317 g/mol. The fraction of sp³-hybridized carbons (Fsp3) is 0.100. The highest BCUT2D eigenvalue weighted by atomic mass is 19.1. The molecule has 4 aromatic rings. The van der Waals surface area contributed by atoms with Crippen LogP contribution in [0.5, 0.6) is 5.75 Å². The first-order chi connectivity index (χ1) is 12.2. The van der Waals surface area contributed by atoms with E-state index in [0.717, 1.165) is 44.6 Å². The lowest BCUT2D eigenvalue weighted by Crippen LogP contribution is -1.91. The van der Waals surface area contributed by atoms with E-state index in [-0.39, 0.29) is 5.82 Å². The lowest BCUT2D eigenvalue weighted by molar-refractivity contribution is 0.415. The second kappa shape index (κ2) is 6.02. The van der Waals surface area contributed by atoms with Crippen LogP contribution in [0.15, 0.2) is 54.6 Å². The summed E-state index contributed by atoms with van der Waals surface area (Å²) in [6.45, 7) is 0. The van der Waals surface area contributed by atoms with E-state index >= 15 is 0 Å². The summed E-state index contributed by atoms with van der Waals surface area (Å²) in [6, 6.07) is 16.8. The molecule has 1 aromatic heterocycles. The Hall–Kier alpha value is -3.21. The molecule has 1 heterocycles. The first-order valence-corrected chi connectivity index (χ1v) is 8.02. The highest BCUT2D eigenvalue weighted by Gasteiger charge is 2.10. The van der Waals surface area contributed by atoms with E-state index in [1.807, 2.05) is 42.5 Å². The van der Waals surface area contributed by atoms with Gasteiger partial charge < -0.3 is 20.4 Å². The summed E-state index contributed by atoms with van der Waals surface area (Å²) in [5, 5.41) is 8.23. The Balaban J connectivity index is 1.81. The number of aromatic nitrogens is 1. The third-order valence-corrected chi connectivity index (χ3v) is 4.30. The van der Waals surface area contributed by atoms with Gasteiger partial charge in [0.05, 0.1) is 18.3 Å². The average molecular weight is 335 g/mol. The Morgan fingerprint density at radius 3 is 2.60 bits per heavy atom. The Kier molecular flexibility index (Phi) is 3.69. The fourth-order valence-electron chi connectivity index (χ4n) is 3.11. The van der Waals surface area contributed by atoms with Gasteiger partial charge in [0, 0.05) is 40.8 Å². The zero-order valence-electron chi connectivity index (χ0n) is 14.0. The minimum atomic E-state index is -0.260. The van der Waals surface area contributed by atoms with Gasteiger partial charge in [-0.15, -0.1) is 0 Å². The van der Waals surface area contributed by atoms with Crippen molar-refractivity contribution in [3.8, 4) is 5.75 Å². The Bertz CT molecular complexity index is 1070. The molecule has 0 saturated carbocycles. The van der Waals surface area contributed by atoms with Crippen LogP contribution in [0, 0.1) is 5.82 Å². The molecule has 0 radical (unpaired) electrons. The highest BCUT2D eigenvalue weighted by molar-refractivity contribution is 6.12. The second-order valence-corrected chi connectivity index (χ2v) is 5.87. The normalized spacial score (nSPS) is 11.0. The summed E-state index contributed by atoms with van der Waals surface area (Å²) in [4.78, 5) is 3.36. The summed E-state index contributed by atoms with van der Waals surface area (Å²) in [6.07, 6.45) is 0. The third kappa shape index (κ3) is 2.74. The van der Waals surface area contributed by atoms with Gasteiger partial charge in [-0.1, -0.05) is 6.07 Å². The van der Waals surface area contributed by atoms with Gasteiger partial charge in [-0.25, -0.2) is 4.39 Å². The zero-order valence-corrected chi connectivity index (χ0v) is 14.0. The van der Waals surface area contributed by atoms with Crippen LogP contribution >= 0.6 is 0 Å². The number of benzene rings is 3. The van der Waals surface area contributed by atoms with Crippen LogP contribution in [0.25, 0.3) is 21.8 Å². The van der Waals surface area contributed by atoms with Gasteiger partial charge in [-0.05, 0) is 42.5 Å². The molecule has 5 heteroatoms. The molecule has 0 aliphatic rings. The fourth-order valence-corrected chi connectivity index (χ4v) is 3.11. The van der Waals surface area contributed by atoms with Crippen molar-refractivity contribution in [3.63, 3.8) is 0 Å². The standard InChI is InChI=1S/C20H18FN3O/c1-22-19-9-12(21)8-17-16-11-14(6-7-18(16)24-20(17)19)23-13-4-3-5-15(10-13)25-2/h3-11,22-24H,1-2H3. The number of hydrogen-bond donors (Lipinski definition) is 3. The molecule has 4 rings (SSSR count). The molecule has 0 spiro atoms. The molecule has 0 fully saturated rings. The largest absolute Gasteiger partial charge is 0.497 e. The van der Waals surface area contributed by atoms with E-state index < -0.39 is 0 Å². The van der Waals surface area contributed by atoms with Gasteiger partial charge in [-0.3, -0.25) is 0 Å². The number of ether oxygens (including phenoxy) is 1. The van der Waals surface area contributed by atoms with Gasteiger partial charge in [0.25, 0.3) is 0 Å². The second-order valence-electron chi connectivity index (χ2n) is 5.87. The van der Waals surface area contributed by atoms with Crippen LogP contribution in [0.1, 0.15) is 0 Å². The summed E-state index contributed by atoms with van der Waals surface area (Å²) in [5.41, 5.74) is 4.47. The summed E-state index contributed by atoms with van der Waals surface area (Å²) in [7, 11) is 3.43. The SMILES string of the molecule is CNc1cc(F)cc2c1[nH]c1ccc(Nc3cccc(OC)c3)cc12. The Labute approximate surface area is 144 Å². The van der Waals surface area contributed by atoms with E-state index in [9.17, 15) is 4.39 Å². The molecule has 25 heavy (non-hydrogen) atoms. The Morgan fingerprint density at radius 2 is 1.80 bits per heavy atom. The summed E-state index contributed by atoms with van der Waals surface area (Å²) < 4.78 is 19.2. The smallest absolute Gasteiger partial charge is 0.126 e. The van der Waals surface area contributed by atoms with E-state index in [1.54, 1.807) is 20.2 Å². The number of H-pyrrole nitrogens is 1. The monoisotopic (exact) mass is 335 g/mol. The molecule has 0 amide bonds.